The lowest BCUT2D eigenvalue weighted by molar-refractivity contribution is 0.0644. The highest BCUT2D eigenvalue weighted by Gasteiger charge is 2.38. The summed E-state index contributed by atoms with van der Waals surface area (Å²) in [7, 11) is 0. The van der Waals surface area contributed by atoms with E-state index >= 15 is 0 Å². The Labute approximate surface area is 141 Å². The van der Waals surface area contributed by atoms with Crippen molar-refractivity contribution < 1.29 is 13.9 Å². The first-order valence-electron chi connectivity index (χ1n) is 8.62. The average molecular weight is 326 g/mol. The Kier molecular flexibility index (Phi) is 4.10. The van der Waals surface area contributed by atoms with E-state index in [0.29, 0.717) is 24.5 Å². The highest BCUT2D eigenvalue weighted by atomic mass is 16.5. The van der Waals surface area contributed by atoms with E-state index in [1.54, 1.807) is 6.20 Å². The van der Waals surface area contributed by atoms with Crippen LogP contribution in [-0.4, -0.2) is 42.1 Å². The van der Waals surface area contributed by atoms with Crippen molar-refractivity contribution in [2.45, 2.75) is 25.7 Å². The maximum absolute atomic E-state index is 12.9. The second kappa shape index (κ2) is 6.40. The number of aromatic nitrogens is 1. The Morgan fingerprint density at radius 1 is 1.17 bits per heavy atom. The van der Waals surface area contributed by atoms with Gasteiger partial charge >= 0.3 is 0 Å². The van der Waals surface area contributed by atoms with Crippen LogP contribution in [0.25, 0.3) is 11.3 Å². The third-order valence-corrected chi connectivity index (χ3v) is 5.24. The molecule has 0 radical (unpaired) electrons. The SMILES string of the molecule is O=C(c1ccc(-c2cnco2)cc1)N1CCOCC2(CCCC2)C1. The molecule has 1 saturated heterocycles. The second-order valence-electron chi connectivity index (χ2n) is 6.93. The fourth-order valence-corrected chi connectivity index (χ4v) is 3.91. The number of ether oxygens (including phenoxy) is 1. The normalized spacial score (nSPS) is 20.2. The summed E-state index contributed by atoms with van der Waals surface area (Å²) < 4.78 is 11.1. The van der Waals surface area contributed by atoms with Crippen LogP contribution in [0.1, 0.15) is 36.0 Å². The third-order valence-electron chi connectivity index (χ3n) is 5.24. The van der Waals surface area contributed by atoms with Crippen molar-refractivity contribution in [1.82, 2.24) is 9.88 Å². The highest BCUT2D eigenvalue weighted by molar-refractivity contribution is 5.94. The molecule has 5 nitrogen and oxygen atoms in total. The molecule has 1 spiro atoms. The molecule has 1 amide bonds. The van der Waals surface area contributed by atoms with E-state index in [2.05, 4.69) is 4.98 Å². The van der Waals surface area contributed by atoms with Crippen LogP contribution < -0.4 is 0 Å². The predicted octanol–water partition coefficient (Wildman–Crippen LogP) is 3.37. The molecule has 0 unspecified atom stereocenters. The molecule has 2 fully saturated rings. The van der Waals surface area contributed by atoms with Gasteiger partial charge in [-0.15, -0.1) is 0 Å². The van der Waals surface area contributed by atoms with Gasteiger partial charge in [0.1, 0.15) is 0 Å². The van der Waals surface area contributed by atoms with Crippen LogP contribution in [0, 0.1) is 5.41 Å². The molecule has 0 atom stereocenters. The Bertz CT molecular complexity index is 688. The van der Waals surface area contributed by atoms with Crippen LogP contribution in [0.5, 0.6) is 0 Å². The first-order valence-corrected chi connectivity index (χ1v) is 8.62. The quantitative estimate of drug-likeness (QED) is 0.849. The standard InChI is InChI=1S/C19H22N2O3/c22-18(16-5-3-15(4-6-16)17-11-20-14-24-17)21-9-10-23-13-19(12-21)7-1-2-8-19/h3-6,11,14H,1-2,7-10,12-13H2. The summed E-state index contributed by atoms with van der Waals surface area (Å²) in [5, 5.41) is 0. The largest absolute Gasteiger partial charge is 0.444 e. The van der Waals surface area contributed by atoms with E-state index in [4.69, 9.17) is 9.15 Å². The number of oxazole rings is 1. The molecule has 0 N–H and O–H groups in total. The maximum atomic E-state index is 12.9. The first kappa shape index (κ1) is 15.4. The van der Waals surface area contributed by atoms with Gasteiger partial charge in [0.25, 0.3) is 5.91 Å². The first-order chi connectivity index (χ1) is 11.8. The van der Waals surface area contributed by atoms with Crippen molar-refractivity contribution in [2.75, 3.05) is 26.3 Å². The minimum absolute atomic E-state index is 0.0934. The molecule has 1 aromatic carbocycles. The van der Waals surface area contributed by atoms with E-state index in [1.807, 2.05) is 29.2 Å². The van der Waals surface area contributed by atoms with Gasteiger partial charge in [-0.25, -0.2) is 4.98 Å². The topological polar surface area (TPSA) is 55.6 Å². The fraction of sp³-hybridized carbons (Fsp3) is 0.474. The Morgan fingerprint density at radius 2 is 1.96 bits per heavy atom. The van der Waals surface area contributed by atoms with Gasteiger partial charge in [0, 0.05) is 29.6 Å². The Hall–Kier alpha value is -2.14. The minimum atomic E-state index is 0.0934. The Balaban J connectivity index is 1.52. The molecule has 5 heteroatoms. The summed E-state index contributed by atoms with van der Waals surface area (Å²) in [4.78, 5) is 18.8. The molecule has 2 aromatic rings. The monoisotopic (exact) mass is 326 g/mol. The number of hydrogen-bond acceptors (Lipinski definition) is 4. The van der Waals surface area contributed by atoms with Crippen LogP contribution in [0.15, 0.2) is 41.3 Å². The van der Waals surface area contributed by atoms with E-state index in [9.17, 15) is 4.79 Å². The van der Waals surface area contributed by atoms with Gasteiger partial charge in [-0.1, -0.05) is 25.0 Å². The van der Waals surface area contributed by atoms with Crippen LogP contribution >= 0.6 is 0 Å². The smallest absolute Gasteiger partial charge is 0.253 e. The Morgan fingerprint density at radius 3 is 2.67 bits per heavy atom. The van der Waals surface area contributed by atoms with Gasteiger partial charge in [0.05, 0.1) is 19.4 Å². The molecule has 1 saturated carbocycles. The number of amides is 1. The van der Waals surface area contributed by atoms with Crippen molar-refractivity contribution in [1.29, 1.82) is 0 Å². The maximum Gasteiger partial charge on any atom is 0.253 e. The fourth-order valence-electron chi connectivity index (χ4n) is 3.91. The van der Waals surface area contributed by atoms with Crippen LogP contribution in [0.3, 0.4) is 0 Å². The van der Waals surface area contributed by atoms with Crippen LogP contribution in [-0.2, 0) is 4.74 Å². The van der Waals surface area contributed by atoms with Gasteiger partial charge in [-0.2, -0.15) is 0 Å². The zero-order valence-electron chi connectivity index (χ0n) is 13.7. The van der Waals surface area contributed by atoms with E-state index < -0.39 is 0 Å². The number of benzene rings is 1. The zero-order valence-corrected chi connectivity index (χ0v) is 13.7. The highest BCUT2D eigenvalue weighted by Crippen LogP contribution is 2.40. The number of nitrogens with zero attached hydrogens (tertiary/aromatic N) is 2. The molecule has 0 bridgehead atoms. The van der Waals surface area contributed by atoms with Gasteiger partial charge < -0.3 is 14.1 Å². The molecule has 1 aliphatic carbocycles. The van der Waals surface area contributed by atoms with Gasteiger partial charge in [0.2, 0.25) is 0 Å². The molecule has 2 aliphatic rings. The summed E-state index contributed by atoms with van der Waals surface area (Å²) in [5.74, 6) is 0.804. The third kappa shape index (κ3) is 2.96. The summed E-state index contributed by atoms with van der Waals surface area (Å²) in [6.07, 6.45) is 7.91. The summed E-state index contributed by atoms with van der Waals surface area (Å²) in [6.45, 7) is 2.91. The van der Waals surface area contributed by atoms with Crippen LogP contribution in [0.2, 0.25) is 0 Å². The number of carbonyl (C=O) groups is 1. The van der Waals surface area contributed by atoms with Crippen molar-refractivity contribution in [3.63, 3.8) is 0 Å². The molecule has 24 heavy (non-hydrogen) atoms. The summed E-state index contributed by atoms with van der Waals surface area (Å²) >= 11 is 0. The predicted molar refractivity (Wildman–Crippen MR) is 89.6 cm³/mol. The van der Waals surface area contributed by atoms with Gasteiger partial charge in [-0.05, 0) is 25.0 Å². The molecular formula is C19H22N2O3. The number of carbonyl (C=O) groups excluding carboxylic acids is 1. The summed E-state index contributed by atoms with van der Waals surface area (Å²) in [5.41, 5.74) is 1.81. The lowest BCUT2D eigenvalue weighted by Crippen LogP contribution is -2.40. The second-order valence-corrected chi connectivity index (χ2v) is 6.93. The van der Waals surface area contributed by atoms with E-state index in [-0.39, 0.29) is 11.3 Å². The molecule has 2 heterocycles. The molecular weight excluding hydrogens is 304 g/mol. The van der Waals surface area contributed by atoms with Crippen molar-refractivity contribution in [2.24, 2.45) is 5.41 Å². The lowest BCUT2D eigenvalue weighted by Gasteiger charge is -2.31. The zero-order chi connectivity index (χ0) is 16.4. The van der Waals surface area contributed by atoms with Crippen molar-refractivity contribution in [3.8, 4) is 11.3 Å². The molecule has 1 aliphatic heterocycles. The number of rotatable bonds is 2. The summed E-state index contributed by atoms with van der Waals surface area (Å²) in [6, 6.07) is 7.56. The molecule has 4 rings (SSSR count). The average Bonchev–Trinajstić information content (AvgIpc) is 3.25. The van der Waals surface area contributed by atoms with E-state index in [1.165, 1.54) is 32.1 Å². The van der Waals surface area contributed by atoms with Crippen molar-refractivity contribution in [3.05, 3.63) is 42.4 Å². The van der Waals surface area contributed by atoms with Crippen molar-refractivity contribution >= 4 is 5.91 Å². The van der Waals surface area contributed by atoms with Gasteiger partial charge in [-0.3, -0.25) is 4.79 Å². The van der Waals surface area contributed by atoms with Gasteiger partial charge in [0.15, 0.2) is 12.2 Å². The van der Waals surface area contributed by atoms with E-state index in [0.717, 1.165) is 18.7 Å². The minimum Gasteiger partial charge on any atom is -0.444 e. The lowest BCUT2D eigenvalue weighted by atomic mass is 9.86. The molecule has 126 valence electrons. The number of hydrogen-bond donors (Lipinski definition) is 0. The van der Waals surface area contributed by atoms with Crippen LogP contribution in [0.4, 0.5) is 0 Å². The molecule has 1 aromatic heterocycles.